The van der Waals surface area contributed by atoms with E-state index in [1.54, 1.807) is 10.9 Å². The van der Waals surface area contributed by atoms with Crippen molar-refractivity contribution in [1.82, 2.24) is 20.1 Å². The number of nitrogens with two attached hydrogens (primary N) is 1. The zero-order chi connectivity index (χ0) is 14.7. The predicted molar refractivity (Wildman–Crippen MR) is 83.0 cm³/mol. The van der Waals surface area contributed by atoms with Crippen LogP contribution in [0.25, 0.3) is 10.9 Å². The van der Waals surface area contributed by atoms with Crippen molar-refractivity contribution >= 4 is 33.3 Å². The van der Waals surface area contributed by atoms with Gasteiger partial charge < -0.3 is 11.1 Å². The first-order valence-corrected chi connectivity index (χ1v) is 7.47. The summed E-state index contributed by atoms with van der Waals surface area (Å²) in [5.41, 5.74) is 7.42. The van der Waals surface area contributed by atoms with Gasteiger partial charge in [-0.1, -0.05) is 18.2 Å². The topological polar surface area (TPSA) is 85.8 Å². The molecule has 0 aliphatic heterocycles. The zero-order valence-electron chi connectivity index (χ0n) is 11.3. The summed E-state index contributed by atoms with van der Waals surface area (Å²) in [4.78, 5) is 16.1. The molecular formula is C14H15N5OS. The van der Waals surface area contributed by atoms with Crippen LogP contribution in [0.4, 0.5) is 5.13 Å². The van der Waals surface area contributed by atoms with Crippen molar-refractivity contribution in [2.45, 2.75) is 13.0 Å². The molecular weight excluding hydrogens is 286 g/mol. The highest BCUT2D eigenvalue weighted by atomic mass is 32.1. The summed E-state index contributed by atoms with van der Waals surface area (Å²) >= 11 is 1.41. The number of hydrogen-bond acceptors (Lipinski definition) is 5. The van der Waals surface area contributed by atoms with Gasteiger partial charge in [0.1, 0.15) is 6.54 Å². The molecule has 3 N–H and O–H groups in total. The Kier molecular flexibility index (Phi) is 3.83. The fourth-order valence-corrected chi connectivity index (χ4v) is 2.71. The lowest BCUT2D eigenvalue weighted by atomic mass is 10.2. The lowest BCUT2D eigenvalue weighted by Gasteiger charge is -2.05. The molecule has 0 radical (unpaired) electrons. The number of anilines is 1. The van der Waals surface area contributed by atoms with Crippen LogP contribution in [0.3, 0.4) is 0 Å². The minimum Gasteiger partial charge on any atom is -0.375 e. The molecule has 0 aliphatic carbocycles. The van der Waals surface area contributed by atoms with Gasteiger partial charge in [-0.25, -0.2) is 4.98 Å². The Morgan fingerprint density at radius 1 is 1.38 bits per heavy atom. The lowest BCUT2D eigenvalue weighted by molar-refractivity contribution is -0.121. The molecule has 2 aromatic heterocycles. The number of para-hydroxylation sites is 1. The summed E-state index contributed by atoms with van der Waals surface area (Å²) in [5, 5.41) is 10.6. The average molecular weight is 301 g/mol. The van der Waals surface area contributed by atoms with Gasteiger partial charge in [0.15, 0.2) is 5.13 Å². The van der Waals surface area contributed by atoms with E-state index in [1.807, 2.05) is 29.6 Å². The molecule has 1 amide bonds. The van der Waals surface area contributed by atoms with E-state index < -0.39 is 0 Å². The molecule has 0 saturated heterocycles. The summed E-state index contributed by atoms with van der Waals surface area (Å²) in [6.45, 7) is 0.758. The Labute approximate surface area is 125 Å². The van der Waals surface area contributed by atoms with E-state index in [-0.39, 0.29) is 12.5 Å². The molecule has 0 atom stereocenters. The van der Waals surface area contributed by atoms with Crippen LogP contribution in [0.1, 0.15) is 5.69 Å². The third kappa shape index (κ3) is 3.19. The van der Waals surface area contributed by atoms with Crippen LogP contribution in [-0.4, -0.2) is 27.2 Å². The Balaban J connectivity index is 1.54. The maximum Gasteiger partial charge on any atom is 0.241 e. The van der Waals surface area contributed by atoms with Gasteiger partial charge in [0.05, 0.1) is 17.4 Å². The standard InChI is InChI=1S/C14H15N5OS/c15-14-18-11(9-21-14)5-6-16-13(20)8-19-12-4-2-1-3-10(12)7-17-19/h1-4,7,9H,5-6,8H2,(H2,15,18)(H,16,20). The van der Waals surface area contributed by atoms with E-state index in [0.29, 0.717) is 18.1 Å². The highest BCUT2D eigenvalue weighted by Crippen LogP contribution is 2.12. The van der Waals surface area contributed by atoms with Crippen molar-refractivity contribution in [3.63, 3.8) is 0 Å². The molecule has 0 spiro atoms. The monoisotopic (exact) mass is 301 g/mol. The van der Waals surface area contributed by atoms with Gasteiger partial charge in [0.2, 0.25) is 5.91 Å². The molecule has 3 aromatic rings. The maximum absolute atomic E-state index is 11.9. The molecule has 0 bridgehead atoms. The highest BCUT2D eigenvalue weighted by Gasteiger charge is 2.07. The molecule has 0 saturated carbocycles. The van der Waals surface area contributed by atoms with Gasteiger partial charge >= 0.3 is 0 Å². The van der Waals surface area contributed by atoms with Crippen molar-refractivity contribution in [3.05, 3.63) is 41.5 Å². The van der Waals surface area contributed by atoms with Crippen LogP contribution >= 0.6 is 11.3 Å². The molecule has 1 aromatic carbocycles. The number of amides is 1. The number of nitrogens with one attached hydrogen (secondary N) is 1. The van der Waals surface area contributed by atoms with Crippen LogP contribution in [0, 0.1) is 0 Å². The minimum absolute atomic E-state index is 0.0629. The number of carbonyl (C=O) groups excluding carboxylic acids is 1. The van der Waals surface area contributed by atoms with Crippen LogP contribution < -0.4 is 11.1 Å². The Morgan fingerprint density at radius 2 is 2.24 bits per heavy atom. The van der Waals surface area contributed by atoms with Gasteiger partial charge in [-0.15, -0.1) is 11.3 Å². The number of fused-ring (bicyclic) bond motifs is 1. The Morgan fingerprint density at radius 3 is 3.05 bits per heavy atom. The van der Waals surface area contributed by atoms with Gasteiger partial charge in [0.25, 0.3) is 0 Å². The maximum atomic E-state index is 11.9. The largest absolute Gasteiger partial charge is 0.375 e. The summed E-state index contributed by atoms with van der Waals surface area (Å²) in [6.07, 6.45) is 2.44. The van der Waals surface area contributed by atoms with Crippen molar-refractivity contribution in [2.75, 3.05) is 12.3 Å². The molecule has 6 nitrogen and oxygen atoms in total. The van der Waals surface area contributed by atoms with Gasteiger partial charge in [-0.05, 0) is 6.07 Å². The van der Waals surface area contributed by atoms with Crippen LogP contribution in [0.2, 0.25) is 0 Å². The Bertz CT molecular complexity index is 763. The van der Waals surface area contributed by atoms with Crippen molar-refractivity contribution in [2.24, 2.45) is 0 Å². The molecule has 21 heavy (non-hydrogen) atoms. The minimum atomic E-state index is -0.0629. The van der Waals surface area contributed by atoms with Crippen LogP contribution in [-0.2, 0) is 17.8 Å². The molecule has 2 heterocycles. The zero-order valence-corrected chi connectivity index (χ0v) is 12.1. The molecule has 7 heteroatoms. The second-order valence-electron chi connectivity index (χ2n) is 4.64. The number of nitrogen functional groups attached to an aromatic ring is 1. The molecule has 3 rings (SSSR count). The summed E-state index contributed by atoms with van der Waals surface area (Å²) in [6, 6.07) is 7.82. The second-order valence-corrected chi connectivity index (χ2v) is 5.53. The van der Waals surface area contributed by atoms with E-state index in [2.05, 4.69) is 15.4 Å². The fourth-order valence-electron chi connectivity index (χ4n) is 2.11. The average Bonchev–Trinajstić information content (AvgIpc) is 3.06. The first kappa shape index (κ1) is 13.6. The van der Waals surface area contributed by atoms with Gasteiger partial charge in [0, 0.05) is 23.7 Å². The highest BCUT2D eigenvalue weighted by molar-refractivity contribution is 7.13. The van der Waals surface area contributed by atoms with Gasteiger partial charge in [-0.2, -0.15) is 5.10 Å². The van der Waals surface area contributed by atoms with E-state index in [1.165, 1.54) is 11.3 Å². The number of benzene rings is 1. The first-order chi connectivity index (χ1) is 10.2. The third-order valence-corrected chi connectivity index (χ3v) is 3.84. The first-order valence-electron chi connectivity index (χ1n) is 6.59. The molecule has 0 unspecified atom stereocenters. The normalized spacial score (nSPS) is 10.9. The third-order valence-electron chi connectivity index (χ3n) is 3.12. The van der Waals surface area contributed by atoms with Crippen molar-refractivity contribution in [1.29, 1.82) is 0 Å². The molecule has 0 aliphatic rings. The second kappa shape index (κ2) is 5.92. The van der Waals surface area contributed by atoms with E-state index in [4.69, 9.17) is 5.73 Å². The number of aromatic nitrogens is 3. The van der Waals surface area contributed by atoms with Crippen LogP contribution in [0.5, 0.6) is 0 Å². The number of carbonyl (C=O) groups is 1. The smallest absolute Gasteiger partial charge is 0.241 e. The SMILES string of the molecule is Nc1nc(CCNC(=O)Cn2ncc3ccccc32)cs1. The lowest BCUT2D eigenvalue weighted by Crippen LogP contribution is -2.29. The summed E-state index contributed by atoms with van der Waals surface area (Å²) in [7, 11) is 0. The molecule has 0 fully saturated rings. The van der Waals surface area contributed by atoms with E-state index in [0.717, 1.165) is 16.6 Å². The number of thiazole rings is 1. The van der Waals surface area contributed by atoms with E-state index in [9.17, 15) is 4.79 Å². The predicted octanol–water partition coefficient (Wildman–Crippen LogP) is 1.43. The van der Waals surface area contributed by atoms with Crippen LogP contribution in [0.15, 0.2) is 35.8 Å². The van der Waals surface area contributed by atoms with Crippen molar-refractivity contribution in [3.8, 4) is 0 Å². The van der Waals surface area contributed by atoms with E-state index >= 15 is 0 Å². The fraction of sp³-hybridized carbons (Fsp3) is 0.214. The van der Waals surface area contributed by atoms with Crippen molar-refractivity contribution < 1.29 is 4.79 Å². The molecule has 108 valence electrons. The number of nitrogens with zero attached hydrogens (tertiary/aromatic N) is 3. The summed E-state index contributed by atoms with van der Waals surface area (Å²) < 4.78 is 1.70. The van der Waals surface area contributed by atoms with Gasteiger partial charge in [-0.3, -0.25) is 9.48 Å². The number of rotatable bonds is 5. The summed E-state index contributed by atoms with van der Waals surface area (Å²) in [5.74, 6) is -0.0629. The number of hydrogen-bond donors (Lipinski definition) is 2. The quantitative estimate of drug-likeness (QED) is 0.746. The Hall–Kier alpha value is -2.41.